The van der Waals surface area contributed by atoms with Crippen LogP contribution in [0.2, 0.25) is 0 Å². The molecule has 1 amide bonds. The number of carbonyl (C=O) groups excluding carboxylic acids is 1. The first kappa shape index (κ1) is 11.6. The van der Waals surface area contributed by atoms with Crippen LogP contribution in [0.25, 0.3) is 0 Å². The molecule has 1 fully saturated rings. The van der Waals surface area contributed by atoms with Crippen molar-refractivity contribution in [1.29, 1.82) is 5.26 Å². The molecule has 1 saturated carbocycles. The number of nitrogens with one attached hydrogen (secondary N) is 1. The van der Waals surface area contributed by atoms with Crippen molar-refractivity contribution in [2.45, 2.75) is 19.4 Å². The van der Waals surface area contributed by atoms with Gasteiger partial charge < -0.3 is 10.1 Å². The third-order valence-corrected chi connectivity index (χ3v) is 2.96. The number of amides is 1. The van der Waals surface area contributed by atoms with Crippen LogP contribution in [-0.4, -0.2) is 13.0 Å². The minimum Gasteiger partial charge on any atom is -0.380 e. The first-order valence-electron chi connectivity index (χ1n) is 5.51. The Morgan fingerprint density at radius 1 is 1.53 bits per heavy atom. The van der Waals surface area contributed by atoms with E-state index in [0.29, 0.717) is 19.4 Å². The molecule has 17 heavy (non-hydrogen) atoms. The molecule has 4 heteroatoms. The lowest BCUT2D eigenvalue weighted by Crippen LogP contribution is -2.23. The summed E-state index contributed by atoms with van der Waals surface area (Å²) in [6, 6.07) is 9.53. The van der Waals surface area contributed by atoms with E-state index in [1.165, 1.54) is 0 Å². The highest BCUT2D eigenvalue weighted by Crippen LogP contribution is 2.45. The van der Waals surface area contributed by atoms with Crippen molar-refractivity contribution in [3.8, 4) is 6.07 Å². The fourth-order valence-corrected chi connectivity index (χ4v) is 1.68. The third-order valence-electron chi connectivity index (χ3n) is 2.96. The van der Waals surface area contributed by atoms with E-state index in [4.69, 9.17) is 10.00 Å². The summed E-state index contributed by atoms with van der Waals surface area (Å²) in [7, 11) is 1.61. The first-order valence-corrected chi connectivity index (χ1v) is 5.51. The van der Waals surface area contributed by atoms with Crippen LogP contribution < -0.4 is 5.32 Å². The van der Waals surface area contributed by atoms with Gasteiger partial charge in [-0.2, -0.15) is 5.26 Å². The number of ether oxygens (including phenoxy) is 1. The molecule has 2 rings (SSSR count). The van der Waals surface area contributed by atoms with Crippen molar-refractivity contribution in [1.82, 2.24) is 0 Å². The second-order valence-electron chi connectivity index (χ2n) is 4.24. The zero-order chi connectivity index (χ0) is 12.3. The van der Waals surface area contributed by atoms with Gasteiger partial charge in [-0.1, -0.05) is 18.2 Å². The molecular formula is C13H14N2O2. The van der Waals surface area contributed by atoms with E-state index in [2.05, 4.69) is 11.4 Å². The van der Waals surface area contributed by atoms with Crippen molar-refractivity contribution in [2.75, 3.05) is 12.4 Å². The molecule has 0 unspecified atom stereocenters. The van der Waals surface area contributed by atoms with Crippen molar-refractivity contribution < 1.29 is 9.53 Å². The molecule has 1 N–H and O–H groups in total. The first-order chi connectivity index (χ1) is 8.22. The Balaban J connectivity index is 2.14. The Hall–Kier alpha value is -1.86. The van der Waals surface area contributed by atoms with Gasteiger partial charge in [-0.15, -0.1) is 0 Å². The number of hydrogen-bond acceptors (Lipinski definition) is 3. The summed E-state index contributed by atoms with van der Waals surface area (Å²) < 4.78 is 5.06. The molecule has 1 aliphatic rings. The van der Waals surface area contributed by atoms with Crippen LogP contribution in [0.3, 0.4) is 0 Å². The van der Waals surface area contributed by atoms with Gasteiger partial charge in [0.25, 0.3) is 0 Å². The Labute approximate surface area is 100 Å². The molecule has 0 radical (unpaired) electrons. The molecule has 0 atom stereocenters. The predicted molar refractivity (Wildman–Crippen MR) is 63.1 cm³/mol. The molecule has 0 aliphatic heterocycles. The minimum atomic E-state index is -0.791. The number of methoxy groups -OCH3 is 1. The fraction of sp³-hybridized carbons (Fsp3) is 0.385. The van der Waals surface area contributed by atoms with Crippen LogP contribution >= 0.6 is 0 Å². The Morgan fingerprint density at radius 2 is 2.24 bits per heavy atom. The summed E-state index contributed by atoms with van der Waals surface area (Å²) in [6.07, 6.45) is 1.31. The van der Waals surface area contributed by atoms with Gasteiger partial charge in [0.2, 0.25) is 5.91 Å². The van der Waals surface area contributed by atoms with E-state index in [-0.39, 0.29) is 5.91 Å². The lowest BCUT2D eigenvalue weighted by molar-refractivity contribution is -0.119. The molecule has 4 nitrogen and oxygen atoms in total. The van der Waals surface area contributed by atoms with Crippen molar-refractivity contribution in [3.63, 3.8) is 0 Å². The Kier molecular flexibility index (Phi) is 3.12. The van der Waals surface area contributed by atoms with Crippen molar-refractivity contribution >= 4 is 11.6 Å². The van der Waals surface area contributed by atoms with Crippen LogP contribution in [0.15, 0.2) is 24.3 Å². The second-order valence-corrected chi connectivity index (χ2v) is 4.24. The molecule has 1 aromatic rings. The van der Waals surface area contributed by atoms with E-state index in [9.17, 15) is 4.79 Å². The Morgan fingerprint density at radius 3 is 2.82 bits per heavy atom. The van der Waals surface area contributed by atoms with E-state index in [1.54, 1.807) is 7.11 Å². The third kappa shape index (κ3) is 2.29. The van der Waals surface area contributed by atoms with Gasteiger partial charge in [0.05, 0.1) is 12.7 Å². The summed E-state index contributed by atoms with van der Waals surface area (Å²) in [5, 5.41) is 11.7. The maximum Gasteiger partial charge on any atom is 0.244 e. The van der Waals surface area contributed by atoms with Gasteiger partial charge in [-0.25, -0.2) is 0 Å². The van der Waals surface area contributed by atoms with E-state index < -0.39 is 5.41 Å². The second kappa shape index (κ2) is 4.56. The smallest absolute Gasteiger partial charge is 0.244 e. The minimum absolute atomic E-state index is 0.205. The highest BCUT2D eigenvalue weighted by Gasteiger charge is 2.50. The van der Waals surface area contributed by atoms with Gasteiger partial charge in [-0.3, -0.25) is 4.79 Å². The number of nitrogens with zero attached hydrogens (tertiary/aromatic N) is 1. The largest absolute Gasteiger partial charge is 0.380 e. The Bertz CT molecular complexity index is 473. The predicted octanol–water partition coefficient (Wildman–Crippen LogP) is 2.08. The van der Waals surface area contributed by atoms with Crippen LogP contribution in [0.5, 0.6) is 0 Å². The number of rotatable bonds is 4. The highest BCUT2D eigenvalue weighted by atomic mass is 16.5. The van der Waals surface area contributed by atoms with Gasteiger partial charge >= 0.3 is 0 Å². The van der Waals surface area contributed by atoms with Crippen LogP contribution in [0, 0.1) is 16.7 Å². The molecule has 0 bridgehead atoms. The monoisotopic (exact) mass is 230 g/mol. The standard InChI is InChI=1S/C13H14N2O2/c1-17-8-10-4-2-3-5-11(10)15-12(16)13(9-14)6-7-13/h2-5H,6-8H2,1H3,(H,15,16). The maximum absolute atomic E-state index is 11.9. The SMILES string of the molecule is COCc1ccccc1NC(=O)C1(C#N)CC1. The molecule has 0 spiro atoms. The van der Waals surface area contributed by atoms with Crippen LogP contribution in [0.1, 0.15) is 18.4 Å². The summed E-state index contributed by atoms with van der Waals surface area (Å²) in [5.41, 5.74) is 0.846. The topological polar surface area (TPSA) is 62.1 Å². The average Bonchev–Trinajstić information content (AvgIpc) is 3.13. The van der Waals surface area contributed by atoms with Gasteiger partial charge in [0, 0.05) is 18.4 Å². The lowest BCUT2D eigenvalue weighted by Gasteiger charge is -2.12. The normalized spacial score (nSPS) is 16.0. The zero-order valence-corrected chi connectivity index (χ0v) is 9.69. The number of benzene rings is 1. The van der Waals surface area contributed by atoms with Crippen LogP contribution in [0.4, 0.5) is 5.69 Å². The molecule has 0 heterocycles. The maximum atomic E-state index is 11.9. The number of para-hydroxylation sites is 1. The van der Waals surface area contributed by atoms with Gasteiger partial charge in [0.15, 0.2) is 0 Å². The van der Waals surface area contributed by atoms with Gasteiger partial charge in [-0.05, 0) is 18.9 Å². The highest BCUT2D eigenvalue weighted by molar-refractivity contribution is 5.99. The van der Waals surface area contributed by atoms with E-state index in [0.717, 1.165) is 11.3 Å². The van der Waals surface area contributed by atoms with E-state index in [1.807, 2.05) is 24.3 Å². The zero-order valence-electron chi connectivity index (χ0n) is 9.69. The van der Waals surface area contributed by atoms with E-state index >= 15 is 0 Å². The number of anilines is 1. The number of carbonyl (C=O) groups is 1. The summed E-state index contributed by atoms with van der Waals surface area (Å²) >= 11 is 0. The molecule has 88 valence electrons. The lowest BCUT2D eigenvalue weighted by atomic mass is 10.1. The van der Waals surface area contributed by atoms with Crippen LogP contribution in [-0.2, 0) is 16.1 Å². The number of hydrogen-bond donors (Lipinski definition) is 1. The average molecular weight is 230 g/mol. The summed E-state index contributed by atoms with van der Waals surface area (Å²) in [6.45, 7) is 0.440. The molecule has 1 aromatic carbocycles. The van der Waals surface area contributed by atoms with Crippen molar-refractivity contribution in [2.24, 2.45) is 5.41 Å². The van der Waals surface area contributed by atoms with Crippen molar-refractivity contribution in [3.05, 3.63) is 29.8 Å². The number of nitriles is 1. The van der Waals surface area contributed by atoms with Gasteiger partial charge in [0.1, 0.15) is 5.41 Å². The summed E-state index contributed by atoms with van der Waals surface area (Å²) in [4.78, 5) is 11.9. The fourth-order valence-electron chi connectivity index (χ4n) is 1.68. The molecule has 0 saturated heterocycles. The molecule has 1 aliphatic carbocycles. The molecular weight excluding hydrogens is 216 g/mol. The summed E-state index contributed by atoms with van der Waals surface area (Å²) in [5.74, 6) is -0.205. The quantitative estimate of drug-likeness (QED) is 0.861. The molecule has 0 aromatic heterocycles.